The van der Waals surface area contributed by atoms with Crippen LogP contribution in [0.25, 0.3) is 10.9 Å². The minimum absolute atomic E-state index is 0.447. The Morgan fingerprint density at radius 2 is 1.95 bits per heavy atom. The summed E-state index contributed by atoms with van der Waals surface area (Å²) in [6.45, 7) is 7.28. The lowest BCUT2D eigenvalue weighted by molar-refractivity contribution is 0.0698. The summed E-state index contributed by atoms with van der Waals surface area (Å²) in [7, 11) is 0. The third-order valence-electron chi connectivity index (χ3n) is 4.03. The van der Waals surface area contributed by atoms with Crippen LogP contribution < -0.4 is 0 Å². The fourth-order valence-corrected chi connectivity index (χ4v) is 2.91. The zero-order valence-electron chi connectivity index (χ0n) is 13.3. The lowest BCUT2D eigenvalue weighted by atomic mass is 10.0. The highest BCUT2D eigenvalue weighted by Crippen LogP contribution is 2.28. The number of aromatic nitrogens is 1. The summed E-state index contributed by atoms with van der Waals surface area (Å²) >= 11 is 0. The molecule has 3 heteroatoms. The number of benzene rings is 1. The third kappa shape index (κ3) is 3.12. The van der Waals surface area contributed by atoms with Crippen molar-refractivity contribution in [1.29, 1.82) is 0 Å². The molecule has 0 radical (unpaired) electrons. The molecule has 21 heavy (non-hydrogen) atoms. The van der Waals surface area contributed by atoms with E-state index in [1.165, 1.54) is 5.56 Å². The van der Waals surface area contributed by atoms with E-state index in [-0.39, 0.29) is 0 Å². The van der Waals surface area contributed by atoms with E-state index in [0.717, 1.165) is 55.1 Å². The van der Waals surface area contributed by atoms with Gasteiger partial charge in [0.15, 0.2) is 0 Å². The SMILES string of the molecule is CCCCn1cc(CCC)c2cc(CC)cc(C(=O)O)c21. The second-order valence-corrected chi connectivity index (χ2v) is 5.65. The Bertz CT molecular complexity index is 640. The third-order valence-corrected chi connectivity index (χ3v) is 4.03. The summed E-state index contributed by atoms with van der Waals surface area (Å²) in [5, 5.41) is 10.7. The number of aryl methyl sites for hydroxylation is 3. The van der Waals surface area contributed by atoms with Gasteiger partial charge < -0.3 is 9.67 Å². The first-order chi connectivity index (χ1) is 10.1. The number of hydrogen-bond donors (Lipinski definition) is 1. The highest BCUT2D eigenvalue weighted by molar-refractivity contribution is 6.03. The second-order valence-electron chi connectivity index (χ2n) is 5.65. The highest BCUT2D eigenvalue weighted by Gasteiger charge is 2.17. The quantitative estimate of drug-likeness (QED) is 0.805. The monoisotopic (exact) mass is 287 g/mol. The lowest BCUT2D eigenvalue weighted by Gasteiger charge is -2.08. The minimum atomic E-state index is -0.825. The van der Waals surface area contributed by atoms with E-state index in [2.05, 4.69) is 37.6 Å². The van der Waals surface area contributed by atoms with Gasteiger partial charge in [-0.2, -0.15) is 0 Å². The first-order valence-corrected chi connectivity index (χ1v) is 8.00. The van der Waals surface area contributed by atoms with Crippen LogP contribution in [-0.2, 0) is 19.4 Å². The maximum Gasteiger partial charge on any atom is 0.337 e. The van der Waals surface area contributed by atoms with Crippen molar-refractivity contribution in [2.24, 2.45) is 0 Å². The van der Waals surface area contributed by atoms with Gasteiger partial charge in [0.2, 0.25) is 0 Å². The number of unbranched alkanes of at least 4 members (excludes halogenated alkanes) is 1. The molecule has 0 bridgehead atoms. The van der Waals surface area contributed by atoms with Gasteiger partial charge in [-0.1, -0.05) is 33.6 Å². The average Bonchev–Trinajstić information content (AvgIpc) is 2.82. The van der Waals surface area contributed by atoms with Gasteiger partial charge in [-0.15, -0.1) is 0 Å². The molecule has 1 aromatic carbocycles. The number of carboxylic acid groups (broad SMARTS) is 1. The average molecular weight is 287 g/mol. The van der Waals surface area contributed by atoms with E-state index in [1.54, 1.807) is 0 Å². The summed E-state index contributed by atoms with van der Waals surface area (Å²) in [6, 6.07) is 4.01. The Balaban J connectivity index is 2.69. The van der Waals surface area contributed by atoms with Gasteiger partial charge in [0.1, 0.15) is 0 Å². The van der Waals surface area contributed by atoms with Crippen LogP contribution in [0.4, 0.5) is 0 Å². The van der Waals surface area contributed by atoms with Gasteiger partial charge in [0.25, 0.3) is 0 Å². The number of fused-ring (bicyclic) bond motifs is 1. The van der Waals surface area contributed by atoms with Crippen molar-refractivity contribution >= 4 is 16.9 Å². The van der Waals surface area contributed by atoms with Gasteiger partial charge in [0, 0.05) is 18.1 Å². The molecule has 1 aromatic heterocycles. The summed E-state index contributed by atoms with van der Waals surface area (Å²) in [6.07, 6.45) is 7.29. The Morgan fingerprint density at radius 3 is 2.52 bits per heavy atom. The van der Waals surface area contributed by atoms with Gasteiger partial charge in [-0.3, -0.25) is 0 Å². The van der Waals surface area contributed by atoms with Crippen LogP contribution in [-0.4, -0.2) is 15.6 Å². The molecule has 0 atom stereocenters. The van der Waals surface area contributed by atoms with E-state index in [9.17, 15) is 9.90 Å². The molecule has 0 aliphatic carbocycles. The number of rotatable bonds is 7. The fraction of sp³-hybridized carbons (Fsp3) is 0.500. The standard InChI is InChI=1S/C18H25NO2/c1-4-7-9-19-12-14(8-5-2)15-10-13(6-3)11-16(17(15)19)18(20)21/h10-12H,4-9H2,1-3H3,(H,20,21). The van der Waals surface area contributed by atoms with Crippen molar-refractivity contribution in [1.82, 2.24) is 4.57 Å². The smallest absolute Gasteiger partial charge is 0.337 e. The summed E-state index contributed by atoms with van der Waals surface area (Å²) in [5.41, 5.74) is 3.73. The summed E-state index contributed by atoms with van der Waals surface area (Å²) in [5.74, 6) is -0.825. The van der Waals surface area contributed by atoms with Crippen LogP contribution in [0.15, 0.2) is 18.3 Å². The van der Waals surface area contributed by atoms with Gasteiger partial charge >= 0.3 is 5.97 Å². The van der Waals surface area contributed by atoms with E-state index < -0.39 is 5.97 Å². The van der Waals surface area contributed by atoms with Crippen LogP contribution in [0.3, 0.4) is 0 Å². The molecule has 2 rings (SSSR count). The molecule has 0 saturated carbocycles. The molecule has 0 unspecified atom stereocenters. The van der Waals surface area contributed by atoms with E-state index >= 15 is 0 Å². The Hall–Kier alpha value is -1.77. The van der Waals surface area contributed by atoms with E-state index in [4.69, 9.17) is 0 Å². The molecule has 1 N–H and O–H groups in total. The van der Waals surface area contributed by atoms with Crippen molar-refractivity contribution in [3.63, 3.8) is 0 Å². The van der Waals surface area contributed by atoms with Gasteiger partial charge in [-0.05, 0) is 42.5 Å². The number of aromatic carboxylic acids is 1. The predicted octanol–water partition coefficient (Wildman–Crippen LogP) is 4.65. The van der Waals surface area contributed by atoms with Gasteiger partial charge in [-0.25, -0.2) is 4.79 Å². The first kappa shape index (κ1) is 15.6. The normalized spacial score (nSPS) is 11.2. The Morgan fingerprint density at radius 1 is 1.19 bits per heavy atom. The number of nitrogens with zero attached hydrogens (tertiary/aromatic N) is 1. The number of hydrogen-bond acceptors (Lipinski definition) is 1. The molecular formula is C18H25NO2. The van der Waals surface area contributed by atoms with E-state index in [0.29, 0.717) is 5.56 Å². The summed E-state index contributed by atoms with van der Waals surface area (Å²) in [4.78, 5) is 11.7. The van der Waals surface area contributed by atoms with Crippen molar-refractivity contribution in [2.75, 3.05) is 0 Å². The topological polar surface area (TPSA) is 42.2 Å². The van der Waals surface area contributed by atoms with Crippen LogP contribution in [0.5, 0.6) is 0 Å². The lowest BCUT2D eigenvalue weighted by Crippen LogP contribution is -2.04. The zero-order chi connectivity index (χ0) is 15.4. The molecule has 114 valence electrons. The Kier molecular flexibility index (Phi) is 5.05. The van der Waals surface area contributed by atoms with E-state index in [1.807, 2.05) is 6.07 Å². The maximum absolute atomic E-state index is 11.7. The largest absolute Gasteiger partial charge is 0.478 e. The molecule has 0 aliphatic rings. The predicted molar refractivity (Wildman–Crippen MR) is 87.2 cm³/mol. The van der Waals surface area contributed by atoms with Gasteiger partial charge in [0.05, 0.1) is 11.1 Å². The van der Waals surface area contributed by atoms with Crippen LogP contribution in [0.2, 0.25) is 0 Å². The number of carbonyl (C=O) groups is 1. The van der Waals surface area contributed by atoms with Crippen LogP contribution in [0.1, 0.15) is 61.5 Å². The zero-order valence-corrected chi connectivity index (χ0v) is 13.3. The molecule has 3 nitrogen and oxygen atoms in total. The van der Waals surface area contributed by atoms with Crippen molar-refractivity contribution in [3.8, 4) is 0 Å². The van der Waals surface area contributed by atoms with Crippen molar-refractivity contribution < 1.29 is 9.90 Å². The molecule has 0 saturated heterocycles. The Labute approximate surface area is 126 Å². The molecule has 0 aliphatic heterocycles. The molecular weight excluding hydrogens is 262 g/mol. The highest BCUT2D eigenvalue weighted by atomic mass is 16.4. The first-order valence-electron chi connectivity index (χ1n) is 8.00. The molecule has 0 fully saturated rings. The van der Waals surface area contributed by atoms with Crippen molar-refractivity contribution in [2.45, 2.75) is 59.4 Å². The number of carboxylic acids is 1. The minimum Gasteiger partial charge on any atom is -0.478 e. The molecule has 2 aromatic rings. The van der Waals surface area contributed by atoms with Crippen LogP contribution in [0, 0.1) is 0 Å². The second kappa shape index (κ2) is 6.79. The van der Waals surface area contributed by atoms with Crippen molar-refractivity contribution in [3.05, 3.63) is 35.0 Å². The molecule has 1 heterocycles. The summed E-state index contributed by atoms with van der Waals surface area (Å²) < 4.78 is 2.15. The molecule has 0 spiro atoms. The fourth-order valence-electron chi connectivity index (χ4n) is 2.91. The van der Waals surface area contributed by atoms with Crippen LogP contribution >= 0.6 is 0 Å². The molecule has 0 amide bonds. The maximum atomic E-state index is 11.7.